The number of nitrogens with two attached hydrogens (primary N) is 1. The van der Waals surface area contributed by atoms with Crippen LogP contribution in [-0.2, 0) is 11.0 Å². The quantitative estimate of drug-likeness (QED) is 0.347. The number of nitrogens with one attached hydrogen (secondary N) is 1. The highest BCUT2D eigenvalue weighted by molar-refractivity contribution is 6.06. The lowest BCUT2D eigenvalue weighted by Crippen LogP contribution is -2.21. The molecule has 2 unspecified atom stereocenters. The number of oxime groups is 1. The molecular weight excluding hydrogens is 287 g/mol. The van der Waals surface area contributed by atoms with Crippen LogP contribution in [0, 0.1) is 11.8 Å². The van der Waals surface area contributed by atoms with Gasteiger partial charge in [-0.25, -0.2) is 0 Å². The summed E-state index contributed by atoms with van der Waals surface area (Å²) in [5.41, 5.74) is 4.35. The Morgan fingerprint density at radius 3 is 2.57 bits per heavy atom. The second-order valence-corrected chi connectivity index (χ2v) is 5.05. The molecule has 0 radical (unpaired) electrons. The molecule has 5 nitrogen and oxygen atoms in total. The summed E-state index contributed by atoms with van der Waals surface area (Å²) < 4.78 is 38.1. The smallest absolute Gasteiger partial charge is 0.409 e. The van der Waals surface area contributed by atoms with Crippen molar-refractivity contribution in [3.8, 4) is 0 Å². The number of anilines is 1. The lowest BCUT2D eigenvalue weighted by Gasteiger charge is -2.13. The van der Waals surface area contributed by atoms with Crippen LogP contribution < -0.4 is 11.1 Å². The molecular formula is C13H14F3N3O2. The number of carbonyl (C=O) groups is 1. The SMILES string of the molecule is CC1CC1C(=O)Nc1ccc(C(F)(F)F)cc1/C(N)=N/O. The van der Waals surface area contributed by atoms with E-state index in [4.69, 9.17) is 10.9 Å². The predicted molar refractivity (Wildman–Crippen MR) is 69.9 cm³/mol. The Bertz CT molecular complexity index is 599. The van der Waals surface area contributed by atoms with Gasteiger partial charge >= 0.3 is 6.18 Å². The van der Waals surface area contributed by atoms with Crippen LogP contribution in [0.1, 0.15) is 24.5 Å². The first-order valence-electron chi connectivity index (χ1n) is 6.24. The molecule has 2 rings (SSSR count). The highest BCUT2D eigenvalue weighted by Gasteiger charge is 2.39. The van der Waals surface area contributed by atoms with Crippen LogP contribution in [0.4, 0.5) is 18.9 Å². The second-order valence-electron chi connectivity index (χ2n) is 5.05. The highest BCUT2D eigenvalue weighted by atomic mass is 19.4. The number of rotatable bonds is 3. The average molecular weight is 301 g/mol. The number of halogens is 3. The molecule has 1 aliphatic carbocycles. The van der Waals surface area contributed by atoms with E-state index in [0.717, 1.165) is 24.6 Å². The van der Waals surface area contributed by atoms with Crippen LogP contribution >= 0.6 is 0 Å². The van der Waals surface area contributed by atoms with Gasteiger partial charge in [0.1, 0.15) is 0 Å². The zero-order valence-corrected chi connectivity index (χ0v) is 11.1. The summed E-state index contributed by atoms with van der Waals surface area (Å²) in [5, 5.41) is 13.9. The Morgan fingerprint density at radius 1 is 1.48 bits per heavy atom. The Balaban J connectivity index is 2.34. The highest BCUT2D eigenvalue weighted by Crippen LogP contribution is 2.39. The van der Waals surface area contributed by atoms with Crippen LogP contribution in [-0.4, -0.2) is 17.0 Å². The number of alkyl halides is 3. The van der Waals surface area contributed by atoms with Crippen LogP contribution in [0.5, 0.6) is 0 Å². The molecule has 8 heteroatoms. The van der Waals surface area contributed by atoms with E-state index in [9.17, 15) is 18.0 Å². The molecule has 1 aromatic rings. The zero-order valence-electron chi connectivity index (χ0n) is 11.1. The molecule has 0 aliphatic heterocycles. The van der Waals surface area contributed by atoms with E-state index in [1.165, 1.54) is 0 Å². The molecule has 0 spiro atoms. The number of benzene rings is 1. The monoisotopic (exact) mass is 301 g/mol. The minimum Gasteiger partial charge on any atom is -0.409 e. The Kier molecular flexibility index (Phi) is 3.80. The number of nitrogens with zero attached hydrogens (tertiary/aromatic N) is 1. The maximum Gasteiger partial charge on any atom is 0.416 e. The zero-order chi connectivity index (χ0) is 15.8. The van der Waals surface area contributed by atoms with Gasteiger partial charge in [-0.15, -0.1) is 0 Å². The third-order valence-corrected chi connectivity index (χ3v) is 3.43. The molecule has 1 aliphatic rings. The number of carbonyl (C=O) groups excluding carboxylic acids is 1. The van der Waals surface area contributed by atoms with Crippen molar-refractivity contribution in [1.29, 1.82) is 0 Å². The van der Waals surface area contributed by atoms with E-state index >= 15 is 0 Å². The van der Waals surface area contributed by atoms with Crippen molar-refractivity contribution in [1.82, 2.24) is 0 Å². The van der Waals surface area contributed by atoms with Crippen LogP contribution in [0.15, 0.2) is 23.4 Å². The standard InChI is InChI=1S/C13H14F3N3O2/c1-6-4-8(6)12(20)18-10-3-2-7(13(14,15)16)5-9(10)11(17)19-21/h2-3,5-6,8,21H,4H2,1H3,(H2,17,19)(H,18,20). The normalized spacial score (nSPS) is 22.0. The molecule has 114 valence electrons. The minimum atomic E-state index is -4.56. The van der Waals surface area contributed by atoms with Crippen molar-refractivity contribution in [2.45, 2.75) is 19.5 Å². The second kappa shape index (κ2) is 5.27. The van der Waals surface area contributed by atoms with E-state index in [1.807, 2.05) is 6.92 Å². The summed E-state index contributed by atoms with van der Waals surface area (Å²) in [6.45, 7) is 1.90. The van der Waals surface area contributed by atoms with E-state index in [1.54, 1.807) is 0 Å². The van der Waals surface area contributed by atoms with Crippen LogP contribution in [0.25, 0.3) is 0 Å². The molecule has 0 heterocycles. The third kappa shape index (κ3) is 3.26. The molecule has 0 bridgehead atoms. The fraction of sp³-hybridized carbons (Fsp3) is 0.385. The van der Waals surface area contributed by atoms with Crippen molar-refractivity contribution in [3.05, 3.63) is 29.3 Å². The summed E-state index contributed by atoms with van der Waals surface area (Å²) in [6.07, 6.45) is -3.82. The van der Waals surface area contributed by atoms with Gasteiger partial charge in [-0.3, -0.25) is 4.79 Å². The van der Waals surface area contributed by atoms with E-state index in [0.29, 0.717) is 0 Å². The van der Waals surface area contributed by atoms with E-state index < -0.39 is 17.6 Å². The van der Waals surface area contributed by atoms with Gasteiger partial charge in [0, 0.05) is 11.5 Å². The summed E-state index contributed by atoms with van der Waals surface area (Å²) in [7, 11) is 0. The molecule has 0 saturated heterocycles. The van der Waals surface area contributed by atoms with Gasteiger partial charge in [-0.1, -0.05) is 12.1 Å². The average Bonchev–Trinajstić information content (AvgIpc) is 3.14. The molecule has 2 atom stereocenters. The predicted octanol–water partition coefficient (Wildman–Crippen LogP) is 2.39. The van der Waals surface area contributed by atoms with Crippen molar-refractivity contribution < 1.29 is 23.2 Å². The molecule has 0 aromatic heterocycles. The number of hydrogen-bond donors (Lipinski definition) is 3. The van der Waals surface area contributed by atoms with Gasteiger partial charge in [0.05, 0.1) is 11.3 Å². The summed E-state index contributed by atoms with van der Waals surface area (Å²) in [5.74, 6) is -0.673. The molecule has 21 heavy (non-hydrogen) atoms. The van der Waals surface area contributed by atoms with Crippen molar-refractivity contribution in [3.63, 3.8) is 0 Å². The Morgan fingerprint density at radius 2 is 2.10 bits per heavy atom. The topological polar surface area (TPSA) is 87.7 Å². The van der Waals surface area contributed by atoms with Gasteiger partial charge in [-0.05, 0) is 30.5 Å². The molecule has 4 N–H and O–H groups in total. The Labute approximate surface area is 118 Å². The van der Waals surface area contributed by atoms with E-state index in [2.05, 4.69) is 10.5 Å². The minimum absolute atomic E-state index is 0.0856. The summed E-state index contributed by atoms with van der Waals surface area (Å²) >= 11 is 0. The fourth-order valence-electron chi connectivity index (χ4n) is 2.01. The molecule has 1 amide bonds. The lowest BCUT2D eigenvalue weighted by molar-refractivity contribution is -0.137. The van der Waals surface area contributed by atoms with Gasteiger partial charge < -0.3 is 16.3 Å². The van der Waals surface area contributed by atoms with Crippen molar-refractivity contribution in [2.75, 3.05) is 5.32 Å². The molecule has 1 saturated carbocycles. The van der Waals surface area contributed by atoms with Gasteiger partial charge in [0.15, 0.2) is 5.84 Å². The third-order valence-electron chi connectivity index (χ3n) is 3.43. The maximum atomic E-state index is 12.7. The Hall–Kier alpha value is -2.25. The molecule has 1 fully saturated rings. The van der Waals surface area contributed by atoms with Crippen molar-refractivity contribution >= 4 is 17.4 Å². The number of hydrogen-bond acceptors (Lipinski definition) is 3. The van der Waals surface area contributed by atoms with Gasteiger partial charge in [0.25, 0.3) is 0 Å². The number of amidine groups is 1. The first kappa shape index (κ1) is 15.1. The van der Waals surface area contributed by atoms with Gasteiger partial charge in [-0.2, -0.15) is 13.2 Å². The molecule has 1 aromatic carbocycles. The largest absolute Gasteiger partial charge is 0.416 e. The lowest BCUT2D eigenvalue weighted by atomic mass is 10.1. The number of amides is 1. The first-order valence-corrected chi connectivity index (χ1v) is 6.24. The summed E-state index contributed by atoms with van der Waals surface area (Å²) in [6, 6.07) is 2.67. The first-order chi connectivity index (χ1) is 9.74. The summed E-state index contributed by atoms with van der Waals surface area (Å²) in [4.78, 5) is 11.9. The van der Waals surface area contributed by atoms with Crippen LogP contribution in [0.3, 0.4) is 0 Å². The van der Waals surface area contributed by atoms with Crippen LogP contribution in [0.2, 0.25) is 0 Å². The van der Waals surface area contributed by atoms with E-state index in [-0.39, 0.29) is 29.0 Å². The fourth-order valence-corrected chi connectivity index (χ4v) is 2.01. The van der Waals surface area contributed by atoms with Crippen molar-refractivity contribution in [2.24, 2.45) is 22.7 Å². The maximum absolute atomic E-state index is 12.7. The van der Waals surface area contributed by atoms with Gasteiger partial charge in [0.2, 0.25) is 5.91 Å².